The Kier molecular flexibility index (Phi) is 12.5. The zero-order valence-electron chi connectivity index (χ0n) is 24.3. The lowest BCUT2D eigenvalue weighted by molar-refractivity contribution is -0.126. The van der Waals surface area contributed by atoms with Crippen LogP contribution in [0.5, 0.6) is 0 Å². The van der Waals surface area contributed by atoms with E-state index in [9.17, 15) is 13.2 Å². The molecule has 2 aliphatic heterocycles. The number of sulfone groups is 1. The van der Waals surface area contributed by atoms with Crippen LogP contribution in [0.15, 0.2) is 0 Å². The van der Waals surface area contributed by atoms with Gasteiger partial charge in [0.25, 0.3) is 0 Å². The molecule has 0 spiro atoms. The van der Waals surface area contributed by atoms with Crippen molar-refractivity contribution in [2.24, 2.45) is 29.6 Å². The monoisotopic (exact) mass is 608 g/mol. The van der Waals surface area contributed by atoms with Crippen molar-refractivity contribution < 1.29 is 31.8 Å². The molecule has 0 radical (unpaired) electrons. The Labute approximate surface area is 245 Å². The summed E-state index contributed by atoms with van der Waals surface area (Å²) in [6.07, 6.45) is 6.50. The van der Waals surface area contributed by atoms with E-state index in [2.05, 4.69) is 10.4 Å². The van der Waals surface area contributed by atoms with E-state index in [1.165, 1.54) is 0 Å². The van der Waals surface area contributed by atoms with Gasteiger partial charge in [0.15, 0.2) is 9.84 Å². The number of alkyl halides is 2. The predicted octanol–water partition coefficient (Wildman–Crippen LogP) is 3.81. The van der Waals surface area contributed by atoms with Crippen molar-refractivity contribution in [2.75, 3.05) is 58.6 Å². The number of Topliss-reactive ketones (excluding diaryl/α,β-unsaturated/α-hetero) is 1. The van der Waals surface area contributed by atoms with Gasteiger partial charge in [-0.15, -0.1) is 11.6 Å². The molecule has 40 heavy (non-hydrogen) atoms. The van der Waals surface area contributed by atoms with E-state index in [1.807, 2.05) is 0 Å². The zero-order valence-corrected chi connectivity index (χ0v) is 25.9. The maximum Gasteiger partial charge on any atom is 0.151 e. The van der Waals surface area contributed by atoms with Gasteiger partial charge in [-0.3, -0.25) is 10.2 Å². The summed E-state index contributed by atoms with van der Waals surface area (Å²) in [6.45, 7) is 3.59. The number of carbonyl (C=O) groups is 1. The van der Waals surface area contributed by atoms with E-state index in [1.54, 1.807) is 14.2 Å². The summed E-state index contributed by atoms with van der Waals surface area (Å²) in [5.74, 6) is -0.286. The number of ether oxygens (including phenoxy) is 3. The minimum atomic E-state index is -3.39. The number of ketones is 1. The molecule has 11 heteroatoms. The van der Waals surface area contributed by atoms with Gasteiger partial charge >= 0.3 is 0 Å². The summed E-state index contributed by atoms with van der Waals surface area (Å²) in [4.78, 5) is 13.2. The molecular formula is C29H50ClFN2O6S. The maximum atomic E-state index is 15.3. The Balaban J connectivity index is 1.34. The Hall–Kier alpha value is -0.360. The Morgan fingerprint density at radius 3 is 2.48 bits per heavy atom. The third-order valence-electron chi connectivity index (χ3n) is 9.86. The fourth-order valence-corrected chi connectivity index (χ4v) is 9.57. The van der Waals surface area contributed by atoms with Crippen molar-refractivity contribution >= 4 is 27.2 Å². The Morgan fingerprint density at radius 2 is 1.80 bits per heavy atom. The number of hydrogen-bond acceptors (Lipinski definition) is 8. The van der Waals surface area contributed by atoms with Crippen LogP contribution < -0.4 is 5.43 Å². The number of nitrogens with one attached hydrogen (secondary N) is 1. The molecule has 8 nitrogen and oxygen atoms in total. The van der Waals surface area contributed by atoms with Gasteiger partial charge in [0.05, 0.1) is 28.9 Å². The van der Waals surface area contributed by atoms with E-state index >= 15 is 4.39 Å². The first-order valence-electron chi connectivity index (χ1n) is 15.3. The Morgan fingerprint density at radius 1 is 1.07 bits per heavy atom. The van der Waals surface area contributed by atoms with Crippen molar-refractivity contribution in [3.05, 3.63) is 0 Å². The van der Waals surface area contributed by atoms with E-state index in [0.717, 1.165) is 58.0 Å². The largest absolute Gasteiger partial charge is 0.385 e. The first kappa shape index (κ1) is 32.6. The van der Waals surface area contributed by atoms with E-state index in [-0.39, 0.29) is 47.5 Å². The summed E-state index contributed by atoms with van der Waals surface area (Å²) >= 11 is 6.54. The second-order valence-corrected chi connectivity index (χ2v) is 15.4. The van der Waals surface area contributed by atoms with Crippen LogP contribution in [0.4, 0.5) is 4.39 Å². The quantitative estimate of drug-likeness (QED) is 0.316. The molecule has 4 rings (SSSR count). The van der Waals surface area contributed by atoms with Gasteiger partial charge in [-0.25, -0.2) is 17.8 Å². The second kappa shape index (κ2) is 15.4. The van der Waals surface area contributed by atoms with Crippen LogP contribution in [0, 0.1) is 29.6 Å². The lowest BCUT2D eigenvalue weighted by Gasteiger charge is -2.38. The number of hydrogen-bond donors (Lipinski definition) is 1. The van der Waals surface area contributed by atoms with Crippen LogP contribution in [-0.2, 0) is 28.8 Å². The molecule has 1 N–H and O–H groups in total. The molecule has 2 heterocycles. The van der Waals surface area contributed by atoms with Gasteiger partial charge in [-0.2, -0.15) is 0 Å². The molecule has 4 fully saturated rings. The van der Waals surface area contributed by atoms with Crippen LogP contribution in [0.25, 0.3) is 0 Å². The summed E-state index contributed by atoms with van der Waals surface area (Å²) in [5, 5.41) is 1.58. The van der Waals surface area contributed by atoms with Crippen LogP contribution in [0.2, 0.25) is 0 Å². The maximum absolute atomic E-state index is 15.3. The molecule has 0 amide bonds. The van der Waals surface area contributed by atoms with Crippen molar-refractivity contribution in [1.82, 2.24) is 10.4 Å². The molecular weight excluding hydrogens is 559 g/mol. The lowest BCUT2D eigenvalue weighted by Crippen LogP contribution is -2.44. The molecule has 0 aromatic heterocycles. The van der Waals surface area contributed by atoms with Crippen molar-refractivity contribution in [1.29, 1.82) is 0 Å². The molecule has 0 aromatic rings. The van der Waals surface area contributed by atoms with Crippen molar-refractivity contribution in [3.8, 4) is 0 Å². The summed E-state index contributed by atoms with van der Waals surface area (Å²) in [6, 6.07) is 0.177. The highest BCUT2D eigenvalue weighted by Crippen LogP contribution is 2.42. The molecule has 6 unspecified atom stereocenters. The topological polar surface area (TPSA) is 94.2 Å². The highest BCUT2D eigenvalue weighted by atomic mass is 35.5. The lowest BCUT2D eigenvalue weighted by atomic mass is 9.70. The van der Waals surface area contributed by atoms with Gasteiger partial charge < -0.3 is 14.2 Å². The molecule has 2 saturated heterocycles. The molecule has 6 atom stereocenters. The van der Waals surface area contributed by atoms with Gasteiger partial charge in [-0.1, -0.05) is 0 Å². The third kappa shape index (κ3) is 9.07. The van der Waals surface area contributed by atoms with Gasteiger partial charge in [-0.05, 0) is 81.5 Å². The highest BCUT2D eigenvalue weighted by Gasteiger charge is 2.47. The number of rotatable bonds is 13. The molecule has 2 aliphatic carbocycles. The molecule has 0 aromatic carbocycles. The van der Waals surface area contributed by atoms with E-state index in [0.29, 0.717) is 44.7 Å². The average molecular weight is 609 g/mol. The molecule has 4 aliphatic rings. The fraction of sp³-hybridized carbons (Fsp3) is 0.966. The van der Waals surface area contributed by atoms with Gasteiger partial charge in [0.1, 0.15) is 12.0 Å². The zero-order chi connectivity index (χ0) is 28.7. The average Bonchev–Trinajstić information content (AvgIpc) is 3.35. The molecule has 232 valence electrons. The first-order chi connectivity index (χ1) is 19.2. The first-order valence-corrected chi connectivity index (χ1v) is 17.6. The van der Waals surface area contributed by atoms with Crippen LogP contribution >= 0.6 is 11.6 Å². The Bertz CT molecular complexity index is 899. The van der Waals surface area contributed by atoms with Crippen LogP contribution in [0.3, 0.4) is 0 Å². The van der Waals surface area contributed by atoms with Crippen molar-refractivity contribution in [3.63, 3.8) is 0 Å². The van der Waals surface area contributed by atoms with Crippen LogP contribution in [0.1, 0.15) is 64.2 Å². The minimum absolute atomic E-state index is 0.0749. The van der Waals surface area contributed by atoms with E-state index in [4.69, 9.17) is 25.8 Å². The second-order valence-electron chi connectivity index (χ2n) is 12.6. The number of hydrazine groups is 1. The number of halogens is 2. The SMILES string of the molecule is COCCC1NN(CC2CCC(OC)CC2)CC1C1CC(Cl)C(F)C(C(=O)CCS(=O)(=O)CC2CCOCC2)C1. The number of nitrogens with zero attached hydrogens (tertiary/aromatic N) is 1. The molecule has 0 bridgehead atoms. The minimum Gasteiger partial charge on any atom is -0.385 e. The molecule has 2 saturated carbocycles. The van der Waals surface area contributed by atoms with E-state index < -0.39 is 27.3 Å². The highest BCUT2D eigenvalue weighted by molar-refractivity contribution is 7.91. The van der Waals surface area contributed by atoms with Crippen molar-refractivity contribution in [2.45, 2.75) is 87.9 Å². The number of carbonyl (C=O) groups excluding carboxylic acids is 1. The number of methoxy groups -OCH3 is 2. The fourth-order valence-electron chi connectivity index (χ4n) is 7.43. The van der Waals surface area contributed by atoms with Crippen LogP contribution in [-0.4, -0.2) is 102 Å². The summed E-state index contributed by atoms with van der Waals surface area (Å²) in [5.41, 5.74) is 3.71. The third-order valence-corrected chi connectivity index (χ3v) is 12.1. The van der Waals surface area contributed by atoms with Gasteiger partial charge in [0.2, 0.25) is 0 Å². The predicted molar refractivity (Wildman–Crippen MR) is 154 cm³/mol. The normalized spacial score (nSPS) is 36.6. The standard InChI is InChI=1S/C29H50ClFN2O6S/c1-37-11-9-27-25(18-33(32-27)17-20-3-5-23(38-2)6-4-20)22-15-24(29(31)26(30)16-22)28(34)10-14-40(35,36)19-21-7-12-39-13-8-21/h20-27,29,32H,3-19H2,1-2H3. The summed E-state index contributed by atoms with van der Waals surface area (Å²) < 4.78 is 57.0. The van der Waals surface area contributed by atoms with Gasteiger partial charge in [0, 0.05) is 59.6 Å². The smallest absolute Gasteiger partial charge is 0.151 e. The summed E-state index contributed by atoms with van der Waals surface area (Å²) in [7, 11) is 0.0974.